The van der Waals surface area contributed by atoms with Crippen LogP contribution in [0.3, 0.4) is 0 Å². The van der Waals surface area contributed by atoms with Crippen LogP contribution in [0.2, 0.25) is 0 Å². The Morgan fingerprint density at radius 3 is 2.82 bits per heavy atom. The second-order valence-electron chi connectivity index (χ2n) is 4.71. The van der Waals surface area contributed by atoms with E-state index in [1.165, 1.54) is 0 Å². The zero-order chi connectivity index (χ0) is 12.7. The average Bonchev–Trinajstić information content (AvgIpc) is 2.28. The van der Waals surface area contributed by atoms with Crippen molar-refractivity contribution >= 4 is 11.8 Å². The van der Waals surface area contributed by atoms with E-state index in [9.17, 15) is 9.59 Å². The second kappa shape index (κ2) is 7.27. The number of carbonyl (C=O) groups is 2. The molecule has 4 N–H and O–H groups in total. The maximum atomic E-state index is 11.9. The molecule has 2 atom stereocenters. The third kappa shape index (κ3) is 5.17. The van der Waals surface area contributed by atoms with E-state index in [4.69, 9.17) is 5.73 Å². The Labute approximate surface area is 103 Å². The van der Waals surface area contributed by atoms with Crippen molar-refractivity contribution < 1.29 is 9.59 Å². The first-order valence-corrected chi connectivity index (χ1v) is 6.40. The number of amides is 2. The van der Waals surface area contributed by atoms with Gasteiger partial charge in [0, 0.05) is 19.0 Å². The molecule has 0 aromatic heterocycles. The van der Waals surface area contributed by atoms with E-state index in [2.05, 4.69) is 17.6 Å². The average molecular weight is 241 g/mol. The standard InChI is InChI=1S/C12H23N3O2/c1-9-10(5-4-8-14-9)12(17)15-7-3-2-6-11(13)16/h9-10,14H,2-8H2,1H3,(H2,13,16)(H,15,17). The van der Waals surface area contributed by atoms with Crippen molar-refractivity contribution in [2.75, 3.05) is 13.1 Å². The number of hydrogen-bond acceptors (Lipinski definition) is 3. The molecule has 0 bridgehead atoms. The molecule has 0 aromatic rings. The second-order valence-corrected chi connectivity index (χ2v) is 4.71. The number of unbranched alkanes of at least 4 members (excludes halogenated alkanes) is 1. The molecule has 1 heterocycles. The highest BCUT2D eigenvalue weighted by Gasteiger charge is 2.26. The van der Waals surface area contributed by atoms with Crippen LogP contribution < -0.4 is 16.4 Å². The molecule has 17 heavy (non-hydrogen) atoms. The van der Waals surface area contributed by atoms with Crippen LogP contribution in [0.15, 0.2) is 0 Å². The van der Waals surface area contributed by atoms with Crippen molar-refractivity contribution in [2.45, 2.75) is 45.1 Å². The molecule has 1 fully saturated rings. The summed E-state index contributed by atoms with van der Waals surface area (Å²) in [5.74, 6) is -0.0647. The topological polar surface area (TPSA) is 84.2 Å². The normalized spacial score (nSPS) is 24.3. The Balaban J connectivity index is 2.13. The van der Waals surface area contributed by atoms with E-state index in [1.54, 1.807) is 0 Å². The number of nitrogens with two attached hydrogens (primary N) is 1. The Morgan fingerprint density at radius 1 is 1.41 bits per heavy atom. The smallest absolute Gasteiger partial charge is 0.224 e. The van der Waals surface area contributed by atoms with E-state index in [0.29, 0.717) is 13.0 Å². The summed E-state index contributed by atoms with van der Waals surface area (Å²) in [4.78, 5) is 22.4. The SMILES string of the molecule is CC1NCCCC1C(=O)NCCCCC(N)=O. The van der Waals surface area contributed by atoms with Crippen molar-refractivity contribution in [3.63, 3.8) is 0 Å². The van der Waals surface area contributed by atoms with Gasteiger partial charge in [0.1, 0.15) is 0 Å². The highest BCUT2D eigenvalue weighted by molar-refractivity contribution is 5.79. The predicted octanol–water partition coefficient (Wildman–Crippen LogP) is 0.146. The van der Waals surface area contributed by atoms with Crippen molar-refractivity contribution in [3.05, 3.63) is 0 Å². The zero-order valence-corrected chi connectivity index (χ0v) is 10.5. The van der Waals surface area contributed by atoms with Gasteiger partial charge in [0.2, 0.25) is 11.8 Å². The first-order valence-electron chi connectivity index (χ1n) is 6.40. The minimum atomic E-state index is -0.276. The molecule has 5 heteroatoms. The molecule has 1 aliphatic heterocycles. The van der Waals surface area contributed by atoms with E-state index in [-0.39, 0.29) is 23.8 Å². The summed E-state index contributed by atoms with van der Waals surface area (Å²) in [5.41, 5.74) is 5.04. The molecule has 1 rings (SSSR count). The quantitative estimate of drug-likeness (QED) is 0.579. The fourth-order valence-electron chi connectivity index (χ4n) is 2.17. The van der Waals surface area contributed by atoms with Gasteiger partial charge < -0.3 is 16.4 Å². The molecule has 0 aliphatic carbocycles. The van der Waals surface area contributed by atoms with Crippen molar-refractivity contribution in [3.8, 4) is 0 Å². The van der Waals surface area contributed by atoms with Gasteiger partial charge >= 0.3 is 0 Å². The molecule has 2 unspecified atom stereocenters. The van der Waals surface area contributed by atoms with Gasteiger partial charge in [-0.3, -0.25) is 9.59 Å². The summed E-state index contributed by atoms with van der Waals surface area (Å²) in [6, 6.07) is 0.259. The lowest BCUT2D eigenvalue weighted by Gasteiger charge is -2.28. The number of nitrogens with one attached hydrogen (secondary N) is 2. The van der Waals surface area contributed by atoms with Crippen LogP contribution in [0.25, 0.3) is 0 Å². The van der Waals surface area contributed by atoms with Gasteiger partial charge in [-0.1, -0.05) is 0 Å². The third-order valence-corrected chi connectivity index (χ3v) is 3.25. The lowest BCUT2D eigenvalue weighted by molar-refractivity contribution is -0.126. The predicted molar refractivity (Wildman–Crippen MR) is 66.2 cm³/mol. The Bertz CT molecular complexity index is 268. The lowest BCUT2D eigenvalue weighted by Crippen LogP contribution is -2.46. The summed E-state index contributed by atoms with van der Waals surface area (Å²) >= 11 is 0. The monoisotopic (exact) mass is 241 g/mol. The molecule has 0 spiro atoms. The van der Waals surface area contributed by atoms with Gasteiger partial charge in [-0.15, -0.1) is 0 Å². The Hall–Kier alpha value is -1.10. The first-order chi connectivity index (χ1) is 8.11. The van der Waals surface area contributed by atoms with Gasteiger partial charge in [0.05, 0.1) is 5.92 Å². The van der Waals surface area contributed by atoms with Crippen LogP contribution in [-0.2, 0) is 9.59 Å². The van der Waals surface area contributed by atoms with Crippen LogP contribution in [0.1, 0.15) is 39.0 Å². The van der Waals surface area contributed by atoms with Crippen molar-refractivity contribution in [2.24, 2.45) is 11.7 Å². The summed E-state index contributed by atoms with van der Waals surface area (Å²) in [5, 5.41) is 6.23. The number of primary amides is 1. The van der Waals surface area contributed by atoms with Crippen LogP contribution in [0.4, 0.5) is 0 Å². The highest BCUT2D eigenvalue weighted by atomic mass is 16.2. The van der Waals surface area contributed by atoms with Crippen LogP contribution in [0, 0.1) is 5.92 Å². The number of rotatable bonds is 6. The summed E-state index contributed by atoms with van der Waals surface area (Å²) in [6.07, 6.45) is 3.97. The summed E-state index contributed by atoms with van der Waals surface area (Å²) in [6.45, 7) is 3.69. The maximum absolute atomic E-state index is 11.9. The maximum Gasteiger partial charge on any atom is 0.224 e. The highest BCUT2D eigenvalue weighted by Crippen LogP contribution is 2.16. The molecular formula is C12H23N3O2. The van der Waals surface area contributed by atoms with Gasteiger partial charge in [-0.05, 0) is 39.2 Å². The van der Waals surface area contributed by atoms with E-state index in [0.717, 1.165) is 32.2 Å². The molecule has 0 saturated carbocycles. The van der Waals surface area contributed by atoms with Gasteiger partial charge in [-0.25, -0.2) is 0 Å². The fraction of sp³-hybridized carbons (Fsp3) is 0.833. The summed E-state index contributed by atoms with van der Waals surface area (Å²) < 4.78 is 0. The van der Waals surface area contributed by atoms with E-state index < -0.39 is 0 Å². The third-order valence-electron chi connectivity index (χ3n) is 3.25. The number of carbonyl (C=O) groups excluding carboxylic acids is 2. The Kier molecular flexibility index (Phi) is 5.97. The molecular weight excluding hydrogens is 218 g/mol. The van der Waals surface area contributed by atoms with Crippen molar-refractivity contribution in [1.82, 2.24) is 10.6 Å². The molecule has 98 valence electrons. The fourth-order valence-corrected chi connectivity index (χ4v) is 2.17. The van der Waals surface area contributed by atoms with Crippen LogP contribution >= 0.6 is 0 Å². The molecule has 2 amide bonds. The molecule has 0 aromatic carbocycles. The van der Waals surface area contributed by atoms with E-state index in [1.807, 2.05) is 0 Å². The van der Waals surface area contributed by atoms with Gasteiger partial charge in [-0.2, -0.15) is 0 Å². The molecule has 5 nitrogen and oxygen atoms in total. The van der Waals surface area contributed by atoms with Crippen LogP contribution in [-0.4, -0.2) is 30.9 Å². The lowest BCUT2D eigenvalue weighted by atomic mass is 9.91. The van der Waals surface area contributed by atoms with Gasteiger partial charge in [0.15, 0.2) is 0 Å². The van der Waals surface area contributed by atoms with Crippen molar-refractivity contribution in [1.29, 1.82) is 0 Å². The molecule has 1 saturated heterocycles. The molecule has 0 radical (unpaired) electrons. The molecule has 1 aliphatic rings. The minimum Gasteiger partial charge on any atom is -0.370 e. The summed E-state index contributed by atoms with van der Waals surface area (Å²) in [7, 11) is 0. The Morgan fingerprint density at radius 2 is 2.18 bits per heavy atom. The van der Waals surface area contributed by atoms with E-state index >= 15 is 0 Å². The number of piperidine rings is 1. The largest absolute Gasteiger partial charge is 0.370 e. The number of hydrogen-bond donors (Lipinski definition) is 3. The minimum absolute atomic E-state index is 0.0832. The van der Waals surface area contributed by atoms with Gasteiger partial charge in [0.25, 0.3) is 0 Å². The first kappa shape index (κ1) is 14.0. The zero-order valence-electron chi connectivity index (χ0n) is 10.5. The van der Waals surface area contributed by atoms with Crippen LogP contribution in [0.5, 0.6) is 0 Å².